The average Bonchev–Trinajstić information content (AvgIpc) is 2.81. The van der Waals surface area contributed by atoms with Crippen molar-refractivity contribution >= 4 is 5.97 Å². The van der Waals surface area contributed by atoms with Crippen molar-refractivity contribution in [2.24, 2.45) is 0 Å². The minimum atomic E-state index is -0.386. The van der Waals surface area contributed by atoms with Crippen molar-refractivity contribution < 1.29 is 41.0 Å². The number of esters is 1. The molecule has 0 radical (unpaired) electrons. The van der Waals surface area contributed by atoms with E-state index in [4.69, 9.17) is 18.9 Å². The molecule has 2 unspecified atom stereocenters. The highest BCUT2D eigenvalue weighted by Crippen LogP contribution is 2.38. The van der Waals surface area contributed by atoms with Crippen LogP contribution in [0.25, 0.3) is 0 Å². The summed E-state index contributed by atoms with van der Waals surface area (Å²) in [7, 11) is 4.59. The summed E-state index contributed by atoms with van der Waals surface area (Å²) < 4.78 is 21.5. The van der Waals surface area contributed by atoms with Gasteiger partial charge in [-0.1, -0.05) is 29.8 Å². The summed E-state index contributed by atoms with van der Waals surface area (Å²) in [6, 6.07) is 12.7. The van der Waals surface area contributed by atoms with Crippen molar-refractivity contribution in [3.05, 3.63) is 53.1 Å². The van der Waals surface area contributed by atoms with Gasteiger partial charge >= 0.3 is 5.97 Å². The lowest BCUT2D eigenvalue weighted by Crippen LogP contribution is -3.13. The molecule has 0 amide bonds. The van der Waals surface area contributed by atoms with E-state index < -0.39 is 0 Å². The Morgan fingerprint density at radius 2 is 1.66 bits per heavy atom. The van der Waals surface area contributed by atoms with Crippen molar-refractivity contribution in [2.75, 3.05) is 41.0 Å². The number of quaternary nitrogens is 1. The van der Waals surface area contributed by atoms with Crippen LogP contribution in [0.5, 0.6) is 17.2 Å². The van der Waals surface area contributed by atoms with E-state index in [1.165, 1.54) is 58.3 Å². The van der Waals surface area contributed by atoms with Gasteiger partial charge in [0.1, 0.15) is 6.04 Å². The molecule has 2 aromatic carbocycles. The minimum Gasteiger partial charge on any atom is -1.00 e. The first-order valence-electron chi connectivity index (χ1n) is 11.0. The van der Waals surface area contributed by atoms with Gasteiger partial charge in [-0.05, 0) is 31.9 Å². The molecule has 2 atom stereocenters. The highest BCUT2D eigenvalue weighted by Gasteiger charge is 2.27. The average molecular weight is 464 g/mol. The van der Waals surface area contributed by atoms with Crippen LogP contribution < -0.4 is 31.5 Å². The third-order valence-corrected chi connectivity index (χ3v) is 5.99. The van der Waals surface area contributed by atoms with Gasteiger partial charge in [0.2, 0.25) is 5.75 Å². The number of methoxy groups -OCH3 is 3. The molecule has 1 fully saturated rings. The predicted octanol–water partition coefficient (Wildman–Crippen LogP) is 0.382. The Morgan fingerprint density at radius 3 is 2.25 bits per heavy atom. The first kappa shape index (κ1) is 25.8. The number of ether oxygens (including phenoxy) is 4. The molecule has 176 valence electrons. The van der Waals surface area contributed by atoms with Crippen LogP contribution in [-0.4, -0.2) is 47.0 Å². The molecule has 0 bridgehead atoms. The van der Waals surface area contributed by atoms with Crippen molar-refractivity contribution in [1.29, 1.82) is 0 Å². The van der Waals surface area contributed by atoms with Gasteiger partial charge in [-0.25, -0.2) is 4.79 Å². The number of likely N-dealkylation sites (tertiary alicyclic amines) is 1. The molecule has 6 nitrogen and oxygen atoms in total. The predicted molar refractivity (Wildman–Crippen MR) is 119 cm³/mol. The van der Waals surface area contributed by atoms with E-state index in [2.05, 4.69) is 31.2 Å². The van der Waals surface area contributed by atoms with Crippen molar-refractivity contribution in [3.8, 4) is 17.2 Å². The van der Waals surface area contributed by atoms with Gasteiger partial charge in [0.05, 0.1) is 46.6 Å². The smallest absolute Gasteiger partial charge is 0.338 e. The zero-order valence-corrected chi connectivity index (χ0v) is 20.2. The zero-order valence-electron chi connectivity index (χ0n) is 19.4. The summed E-state index contributed by atoms with van der Waals surface area (Å²) in [5, 5.41) is 0. The number of carbonyl (C=O) groups excluding carboxylic acids is 1. The lowest BCUT2D eigenvalue weighted by molar-refractivity contribution is -0.937. The van der Waals surface area contributed by atoms with E-state index in [1.807, 2.05) is 0 Å². The van der Waals surface area contributed by atoms with Gasteiger partial charge in [-0.2, -0.15) is 0 Å². The molecular formula is C25H34ClNO5. The van der Waals surface area contributed by atoms with Gasteiger partial charge in [0, 0.05) is 18.4 Å². The lowest BCUT2D eigenvalue weighted by atomic mass is 9.94. The van der Waals surface area contributed by atoms with E-state index in [0.29, 0.717) is 35.5 Å². The van der Waals surface area contributed by atoms with Crippen LogP contribution in [0.3, 0.4) is 0 Å². The first-order chi connectivity index (χ1) is 15.1. The molecule has 0 saturated carbocycles. The van der Waals surface area contributed by atoms with Crippen LogP contribution in [0.2, 0.25) is 0 Å². The summed E-state index contributed by atoms with van der Waals surface area (Å²) in [6.07, 6.45) is 4.57. The highest BCUT2D eigenvalue weighted by molar-refractivity contribution is 5.91. The van der Waals surface area contributed by atoms with Crippen molar-refractivity contribution in [2.45, 2.75) is 38.6 Å². The second-order valence-electron chi connectivity index (χ2n) is 8.02. The molecule has 7 heteroatoms. The molecule has 3 rings (SSSR count). The Balaban J connectivity index is 0.00000363. The van der Waals surface area contributed by atoms with Gasteiger partial charge in [0.15, 0.2) is 11.5 Å². The topological polar surface area (TPSA) is 58.4 Å². The molecule has 1 aliphatic heterocycles. The number of aryl methyl sites for hydroxylation is 1. The fourth-order valence-corrected chi connectivity index (χ4v) is 4.33. The molecule has 0 aromatic heterocycles. The number of hydrogen-bond donors (Lipinski definition) is 1. The van der Waals surface area contributed by atoms with Crippen LogP contribution in [0.4, 0.5) is 0 Å². The zero-order chi connectivity index (χ0) is 22.2. The SMILES string of the molecule is COc1cc(C(=O)OCCC[NH+]2CCCCC2c2ccc(C)cc2)cc(OC)c1OC.[Cl-]. The largest absolute Gasteiger partial charge is 1.00 e. The number of carbonyl (C=O) groups is 1. The van der Waals surface area contributed by atoms with E-state index in [-0.39, 0.29) is 18.4 Å². The third kappa shape index (κ3) is 6.30. The molecule has 1 N–H and O–H groups in total. The van der Waals surface area contributed by atoms with Crippen molar-refractivity contribution in [3.63, 3.8) is 0 Å². The van der Waals surface area contributed by atoms with Gasteiger partial charge in [0.25, 0.3) is 0 Å². The lowest BCUT2D eigenvalue weighted by Gasteiger charge is -2.33. The van der Waals surface area contributed by atoms with Gasteiger partial charge in [-0.3, -0.25) is 0 Å². The third-order valence-electron chi connectivity index (χ3n) is 5.99. The van der Waals surface area contributed by atoms with Gasteiger partial charge in [-0.15, -0.1) is 0 Å². The Bertz CT molecular complexity index is 846. The van der Waals surface area contributed by atoms with E-state index in [0.717, 1.165) is 13.0 Å². The Hall–Kier alpha value is -2.44. The summed E-state index contributed by atoms with van der Waals surface area (Å²) in [5.41, 5.74) is 3.09. The Morgan fingerprint density at radius 1 is 1.00 bits per heavy atom. The standard InChI is InChI=1S/C25H33NO5.ClH/c1-18-9-11-19(12-10-18)21-8-5-6-13-26(21)14-7-15-31-25(27)20-16-22(28-2)24(30-4)23(17-20)29-3;/h9-12,16-17,21H,5-8,13-15H2,1-4H3;1H. The maximum atomic E-state index is 12.6. The summed E-state index contributed by atoms with van der Waals surface area (Å²) in [4.78, 5) is 14.2. The molecule has 0 aliphatic carbocycles. The fourth-order valence-electron chi connectivity index (χ4n) is 4.33. The number of hydrogen-bond acceptors (Lipinski definition) is 5. The van der Waals surface area contributed by atoms with Crippen LogP contribution in [0.15, 0.2) is 36.4 Å². The van der Waals surface area contributed by atoms with Crippen LogP contribution >= 0.6 is 0 Å². The molecule has 1 heterocycles. The Kier molecular flexibility index (Phi) is 10.1. The maximum absolute atomic E-state index is 12.6. The summed E-state index contributed by atoms with van der Waals surface area (Å²) in [6.45, 7) is 4.66. The fraction of sp³-hybridized carbons (Fsp3) is 0.480. The number of nitrogens with one attached hydrogen (secondary N) is 1. The summed E-state index contributed by atoms with van der Waals surface area (Å²) >= 11 is 0. The van der Waals surface area contributed by atoms with E-state index >= 15 is 0 Å². The molecule has 0 spiro atoms. The van der Waals surface area contributed by atoms with Crippen LogP contribution in [0, 0.1) is 6.92 Å². The molecular weight excluding hydrogens is 430 g/mol. The highest BCUT2D eigenvalue weighted by atomic mass is 35.5. The van der Waals surface area contributed by atoms with Crippen molar-refractivity contribution in [1.82, 2.24) is 0 Å². The number of halogens is 1. The van der Waals surface area contributed by atoms with Crippen LogP contribution in [-0.2, 0) is 4.74 Å². The molecule has 1 saturated heterocycles. The molecule has 32 heavy (non-hydrogen) atoms. The maximum Gasteiger partial charge on any atom is 0.338 e. The van der Waals surface area contributed by atoms with Gasteiger partial charge < -0.3 is 36.3 Å². The first-order valence-corrected chi connectivity index (χ1v) is 11.0. The van der Waals surface area contributed by atoms with Crippen LogP contribution in [0.1, 0.15) is 53.2 Å². The molecule has 1 aliphatic rings. The molecule has 2 aromatic rings. The summed E-state index contributed by atoms with van der Waals surface area (Å²) in [5.74, 6) is 0.945. The monoisotopic (exact) mass is 463 g/mol. The number of rotatable bonds is 9. The Labute approximate surface area is 197 Å². The second kappa shape index (κ2) is 12.6. The van der Waals surface area contributed by atoms with E-state index in [9.17, 15) is 4.79 Å². The van der Waals surface area contributed by atoms with E-state index in [1.54, 1.807) is 17.0 Å². The quantitative estimate of drug-likeness (QED) is 0.430. The normalized spacial score (nSPS) is 17.8. The second-order valence-corrected chi connectivity index (χ2v) is 8.02. The number of benzene rings is 2. The minimum absolute atomic E-state index is 0. The number of piperidine rings is 1.